The lowest BCUT2D eigenvalue weighted by atomic mass is 9.88. The second kappa shape index (κ2) is 6.20. The van der Waals surface area contributed by atoms with Crippen LogP contribution in [-0.4, -0.2) is 42.3 Å². The highest BCUT2D eigenvalue weighted by atomic mass is 19.1. The molecule has 1 fully saturated rings. The van der Waals surface area contributed by atoms with Crippen molar-refractivity contribution in [2.24, 2.45) is 5.73 Å². The van der Waals surface area contributed by atoms with Gasteiger partial charge in [0.1, 0.15) is 5.82 Å². The molecule has 1 aromatic rings. The molecule has 112 valence electrons. The summed E-state index contributed by atoms with van der Waals surface area (Å²) in [5, 5.41) is 0. The summed E-state index contributed by atoms with van der Waals surface area (Å²) in [6.07, 6.45) is 0.961. The Bertz CT molecular complexity index is 454. The molecule has 3 atom stereocenters. The number of ether oxygens (including phenoxy) is 1. The van der Waals surface area contributed by atoms with E-state index < -0.39 is 0 Å². The normalized spacial score (nSPS) is 27.2. The minimum atomic E-state index is -0.190. The molecule has 2 rings (SSSR count). The molecule has 1 aliphatic rings. The number of rotatable bonds is 4. The quantitative estimate of drug-likeness (QED) is 0.919. The largest absolute Gasteiger partial charge is 0.376 e. The summed E-state index contributed by atoms with van der Waals surface area (Å²) in [5.41, 5.74) is 6.87. The fourth-order valence-electron chi connectivity index (χ4n) is 3.03. The van der Waals surface area contributed by atoms with Gasteiger partial charge in [-0.05, 0) is 44.9 Å². The zero-order valence-corrected chi connectivity index (χ0v) is 12.6. The average Bonchev–Trinajstić information content (AvgIpc) is 2.41. The molecule has 3 unspecified atom stereocenters. The lowest BCUT2D eigenvalue weighted by Crippen LogP contribution is -2.61. The van der Waals surface area contributed by atoms with Crippen LogP contribution in [0.1, 0.15) is 26.3 Å². The van der Waals surface area contributed by atoms with Crippen LogP contribution in [0.25, 0.3) is 0 Å². The van der Waals surface area contributed by atoms with Crippen LogP contribution in [0.3, 0.4) is 0 Å². The smallest absolute Gasteiger partial charge is 0.123 e. The van der Waals surface area contributed by atoms with E-state index in [2.05, 4.69) is 25.7 Å². The monoisotopic (exact) mass is 280 g/mol. The molecular weight excluding hydrogens is 255 g/mol. The highest BCUT2D eigenvalue weighted by Crippen LogP contribution is 2.26. The standard InChI is InChI=1S/C16H25FN2O/c1-12-10-20-13(2)9-19(12)16(3,11-18)8-14-5-4-6-15(17)7-14/h4-7,12-13H,8-11,18H2,1-3H3. The number of halogens is 1. The maximum atomic E-state index is 13.4. The van der Waals surface area contributed by atoms with E-state index in [0.29, 0.717) is 12.6 Å². The Kier molecular flexibility index (Phi) is 4.78. The minimum Gasteiger partial charge on any atom is -0.376 e. The Morgan fingerprint density at radius 2 is 2.20 bits per heavy atom. The van der Waals surface area contributed by atoms with Crippen molar-refractivity contribution in [3.63, 3.8) is 0 Å². The maximum absolute atomic E-state index is 13.4. The van der Waals surface area contributed by atoms with Crippen LogP contribution in [0, 0.1) is 5.82 Å². The van der Waals surface area contributed by atoms with Crippen molar-refractivity contribution in [2.75, 3.05) is 19.7 Å². The number of benzene rings is 1. The summed E-state index contributed by atoms with van der Waals surface area (Å²) in [4.78, 5) is 2.41. The minimum absolute atomic E-state index is 0.175. The lowest BCUT2D eigenvalue weighted by Gasteiger charge is -2.48. The molecule has 2 N–H and O–H groups in total. The van der Waals surface area contributed by atoms with Crippen molar-refractivity contribution in [1.29, 1.82) is 0 Å². The summed E-state index contributed by atoms with van der Waals surface area (Å²) < 4.78 is 19.0. The van der Waals surface area contributed by atoms with Gasteiger partial charge in [-0.25, -0.2) is 4.39 Å². The fraction of sp³-hybridized carbons (Fsp3) is 0.625. The van der Waals surface area contributed by atoms with Crippen molar-refractivity contribution < 1.29 is 9.13 Å². The summed E-state index contributed by atoms with van der Waals surface area (Å²) >= 11 is 0. The molecule has 1 aromatic carbocycles. The van der Waals surface area contributed by atoms with Crippen LogP contribution in [0.15, 0.2) is 24.3 Å². The van der Waals surface area contributed by atoms with Crippen molar-refractivity contribution in [3.8, 4) is 0 Å². The highest BCUT2D eigenvalue weighted by Gasteiger charge is 2.37. The number of nitrogens with two attached hydrogens (primary N) is 1. The summed E-state index contributed by atoms with van der Waals surface area (Å²) in [5.74, 6) is -0.190. The van der Waals surface area contributed by atoms with Gasteiger partial charge in [-0.2, -0.15) is 0 Å². The van der Waals surface area contributed by atoms with Crippen molar-refractivity contribution in [3.05, 3.63) is 35.6 Å². The second-order valence-electron chi connectivity index (χ2n) is 6.15. The highest BCUT2D eigenvalue weighted by molar-refractivity contribution is 5.19. The molecule has 1 aliphatic heterocycles. The van der Waals surface area contributed by atoms with E-state index in [0.717, 1.165) is 25.1 Å². The second-order valence-corrected chi connectivity index (χ2v) is 6.15. The number of morpholine rings is 1. The Morgan fingerprint density at radius 3 is 2.85 bits per heavy atom. The van der Waals surface area contributed by atoms with Gasteiger partial charge in [-0.15, -0.1) is 0 Å². The summed E-state index contributed by atoms with van der Waals surface area (Å²) in [6, 6.07) is 7.12. The van der Waals surface area contributed by atoms with Gasteiger partial charge < -0.3 is 10.5 Å². The molecule has 0 bridgehead atoms. The van der Waals surface area contributed by atoms with E-state index in [1.165, 1.54) is 6.07 Å². The van der Waals surface area contributed by atoms with E-state index in [1.807, 2.05) is 6.07 Å². The fourth-order valence-corrected chi connectivity index (χ4v) is 3.03. The molecule has 20 heavy (non-hydrogen) atoms. The van der Waals surface area contributed by atoms with Gasteiger partial charge >= 0.3 is 0 Å². The first-order valence-corrected chi connectivity index (χ1v) is 7.27. The van der Waals surface area contributed by atoms with E-state index in [-0.39, 0.29) is 17.5 Å². The van der Waals surface area contributed by atoms with Gasteiger partial charge in [0, 0.05) is 24.7 Å². The lowest BCUT2D eigenvalue weighted by molar-refractivity contribution is -0.0881. The SMILES string of the molecule is CC1CN(C(C)(CN)Cc2cccc(F)c2)C(C)CO1. The molecule has 4 heteroatoms. The van der Waals surface area contributed by atoms with Gasteiger partial charge in [0.25, 0.3) is 0 Å². The molecule has 0 amide bonds. The zero-order chi connectivity index (χ0) is 14.8. The Balaban J connectivity index is 2.19. The van der Waals surface area contributed by atoms with Crippen LogP contribution in [0.5, 0.6) is 0 Å². The first kappa shape index (κ1) is 15.4. The number of hydrogen-bond acceptors (Lipinski definition) is 3. The van der Waals surface area contributed by atoms with E-state index in [4.69, 9.17) is 10.5 Å². The zero-order valence-electron chi connectivity index (χ0n) is 12.6. The molecule has 0 radical (unpaired) electrons. The molecule has 0 aromatic heterocycles. The average molecular weight is 280 g/mol. The summed E-state index contributed by atoms with van der Waals surface area (Å²) in [6.45, 7) is 8.53. The topological polar surface area (TPSA) is 38.5 Å². The van der Waals surface area contributed by atoms with Crippen molar-refractivity contribution >= 4 is 0 Å². The molecule has 3 nitrogen and oxygen atoms in total. The Hall–Kier alpha value is -0.970. The van der Waals surface area contributed by atoms with Gasteiger partial charge in [-0.3, -0.25) is 4.90 Å². The molecule has 0 saturated carbocycles. The number of nitrogens with zero attached hydrogens (tertiary/aromatic N) is 1. The molecule has 0 aliphatic carbocycles. The third kappa shape index (κ3) is 3.37. The molecule has 0 spiro atoms. The predicted octanol–water partition coefficient (Wildman–Crippen LogP) is 2.19. The first-order chi connectivity index (χ1) is 9.44. The van der Waals surface area contributed by atoms with E-state index in [9.17, 15) is 4.39 Å². The third-order valence-corrected chi connectivity index (χ3v) is 4.21. The van der Waals surface area contributed by atoms with Crippen LogP contribution in [0.2, 0.25) is 0 Å². The van der Waals surface area contributed by atoms with Gasteiger partial charge in [-0.1, -0.05) is 12.1 Å². The maximum Gasteiger partial charge on any atom is 0.123 e. The first-order valence-electron chi connectivity index (χ1n) is 7.27. The molecule has 1 saturated heterocycles. The number of hydrogen-bond donors (Lipinski definition) is 1. The van der Waals surface area contributed by atoms with Crippen LogP contribution in [-0.2, 0) is 11.2 Å². The van der Waals surface area contributed by atoms with Gasteiger partial charge in [0.05, 0.1) is 12.7 Å². The van der Waals surface area contributed by atoms with Crippen LogP contribution < -0.4 is 5.73 Å². The van der Waals surface area contributed by atoms with Crippen LogP contribution >= 0.6 is 0 Å². The molecule has 1 heterocycles. The summed E-state index contributed by atoms with van der Waals surface area (Å²) in [7, 11) is 0. The van der Waals surface area contributed by atoms with Gasteiger partial charge in [0.2, 0.25) is 0 Å². The predicted molar refractivity (Wildman–Crippen MR) is 79.1 cm³/mol. The van der Waals surface area contributed by atoms with Crippen LogP contribution in [0.4, 0.5) is 4.39 Å². The molecular formula is C16H25FN2O. The van der Waals surface area contributed by atoms with Crippen molar-refractivity contribution in [2.45, 2.75) is 44.9 Å². The van der Waals surface area contributed by atoms with E-state index in [1.54, 1.807) is 12.1 Å². The van der Waals surface area contributed by atoms with Crippen molar-refractivity contribution in [1.82, 2.24) is 4.90 Å². The Labute approximate surface area is 120 Å². The third-order valence-electron chi connectivity index (χ3n) is 4.21. The van der Waals surface area contributed by atoms with Gasteiger partial charge in [0.15, 0.2) is 0 Å². The van der Waals surface area contributed by atoms with E-state index >= 15 is 0 Å². The Morgan fingerprint density at radius 1 is 1.45 bits per heavy atom.